The minimum atomic E-state index is 1.14. The molecule has 188 valence electrons. The van der Waals surface area contributed by atoms with Gasteiger partial charge in [0.05, 0.1) is 0 Å². The number of para-hydroxylation sites is 1. The minimum absolute atomic E-state index is 1.14. The summed E-state index contributed by atoms with van der Waals surface area (Å²) >= 11 is 1.89. The van der Waals surface area contributed by atoms with Crippen molar-refractivity contribution >= 4 is 70.1 Å². The van der Waals surface area contributed by atoms with Crippen LogP contribution in [0.2, 0.25) is 0 Å². The highest BCUT2D eigenvalue weighted by Crippen LogP contribution is 2.40. The summed E-state index contributed by atoms with van der Waals surface area (Å²) in [5.74, 6) is 0. The lowest BCUT2D eigenvalue weighted by Gasteiger charge is -2.26. The Balaban J connectivity index is 1.22. The quantitative estimate of drug-likeness (QED) is 0.220. The molecule has 1 nitrogen and oxygen atoms in total. The molecule has 0 unspecified atom stereocenters. The molecule has 0 aliphatic rings. The molecule has 0 atom stereocenters. The lowest BCUT2D eigenvalue weighted by atomic mass is 9.99. The molecule has 0 radical (unpaired) electrons. The van der Waals surface area contributed by atoms with Crippen molar-refractivity contribution in [2.45, 2.75) is 0 Å². The molecule has 0 aliphatic carbocycles. The average Bonchev–Trinajstić information content (AvgIpc) is 3.41. The van der Waals surface area contributed by atoms with Crippen LogP contribution in [0.25, 0.3) is 52.8 Å². The zero-order valence-corrected chi connectivity index (χ0v) is 22.6. The lowest BCUT2D eigenvalue weighted by Crippen LogP contribution is -2.09. The largest absolute Gasteiger partial charge is 0.310 e. The van der Waals surface area contributed by atoms with Gasteiger partial charge in [-0.05, 0) is 75.8 Å². The molecule has 1 aromatic heterocycles. The van der Waals surface area contributed by atoms with Crippen molar-refractivity contribution in [3.63, 3.8) is 0 Å². The van der Waals surface area contributed by atoms with E-state index in [-0.39, 0.29) is 0 Å². The molecule has 0 amide bonds. The smallest absolute Gasteiger partial charge is 0.0468 e. The molecular weight excluding hydrogens is 502 g/mol. The Hall–Kier alpha value is -4.92. The first-order valence-electron chi connectivity index (χ1n) is 13.6. The van der Waals surface area contributed by atoms with Gasteiger partial charge in [0.15, 0.2) is 0 Å². The van der Waals surface area contributed by atoms with Crippen LogP contribution < -0.4 is 4.90 Å². The number of benzene rings is 7. The third-order valence-corrected chi connectivity index (χ3v) is 9.05. The number of hydrogen-bond acceptors (Lipinski definition) is 2. The summed E-state index contributed by atoms with van der Waals surface area (Å²) in [6, 6.07) is 54.9. The molecule has 0 bridgehead atoms. The summed E-state index contributed by atoms with van der Waals surface area (Å²) in [7, 11) is 0. The fourth-order valence-electron chi connectivity index (χ4n) is 5.82. The van der Waals surface area contributed by atoms with E-state index in [1.165, 1.54) is 52.8 Å². The van der Waals surface area contributed by atoms with Gasteiger partial charge in [0, 0.05) is 42.6 Å². The van der Waals surface area contributed by atoms with Gasteiger partial charge in [-0.25, -0.2) is 0 Å². The number of hydrogen-bond donors (Lipinski definition) is 0. The number of fused-ring (bicyclic) bond motifs is 6. The molecule has 2 heteroatoms. The molecule has 0 saturated heterocycles. The van der Waals surface area contributed by atoms with E-state index in [0.717, 1.165) is 17.1 Å². The molecule has 0 aliphatic heterocycles. The number of anilines is 3. The fraction of sp³-hybridized carbons (Fsp3) is 0. The van der Waals surface area contributed by atoms with Crippen LogP contribution in [0.1, 0.15) is 0 Å². The SMILES string of the molecule is c1ccc(N(c2ccc(-c3ccc4ccc5c6ccccc6sc5c4c3)cc2)c2ccc3ccccc3c2)cc1. The molecule has 8 rings (SSSR count). The number of thiophene rings is 1. The first kappa shape index (κ1) is 23.0. The zero-order valence-electron chi connectivity index (χ0n) is 21.8. The summed E-state index contributed by atoms with van der Waals surface area (Å²) in [5, 5.41) is 7.77. The van der Waals surface area contributed by atoms with Crippen molar-refractivity contribution in [3.8, 4) is 11.1 Å². The van der Waals surface area contributed by atoms with Crippen LogP contribution in [0.4, 0.5) is 17.1 Å². The second-order valence-corrected chi connectivity index (χ2v) is 11.3. The van der Waals surface area contributed by atoms with Gasteiger partial charge >= 0.3 is 0 Å². The van der Waals surface area contributed by atoms with Crippen LogP contribution in [0.5, 0.6) is 0 Å². The van der Waals surface area contributed by atoms with Crippen LogP contribution in [0, 0.1) is 0 Å². The van der Waals surface area contributed by atoms with E-state index < -0.39 is 0 Å². The second-order valence-electron chi connectivity index (χ2n) is 10.2. The van der Waals surface area contributed by atoms with Gasteiger partial charge in [-0.1, -0.05) is 103 Å². The third-order valence-electron chi connectivity index (χ3n) is 7.83. The van der Waals surface area contributed by atoms with Crippen LogP contribution in [-0.4, -0.2) is 0 Å². The second kappa shape index (κ2) is 9.37. The Labute approximate surface area is 237 Å². The molecular formula is C38H25NS. The zero-order chi connectivity index (χ0) is 26.5. The maximum absolute atomic E-state index is 2.36. The normalized spacial score (nSPS) is 11.5. The van der Waals surface area contributed by atoms with Crippen molar-refractivity contribution in [1.29, 1.82) is 0 Å². The van der Waals surface area contributed by atoms with E-state index in [4.69, 9.17) is 0 Å². The van der Waals surface area contributed by atoms with E-state index in [1.807, 2.05) is 11.3 Å². The lowest BCUT2D eigenvalue weighted by molar-refractivity contribution is 1.29. The summed E-state index contributed by atoms with van der Waals surface area (Å²) in [6.45, 7) is 0. The van der Waals surface area contributed by atoms with Crippen molar-refractivity contribution in [2.75, 3.05) is 4.90 Å². The summed E-state index contributed by atoms with van der Waals surface area (Å²) in [5.41, 5.74) is 5.88. The minimum Gasteiger partial charge on any atom is -0.310 e. The summed E-state index contributed by atoms with van der Waals surface area (Å²) in [4.78, 5) is 2.33. The van der Waals surface area contributed by atoms with E-state index in [2.05, 4.69) is 157 Å². The Kier molecular flexibility index (Phi) is 5.39. The monoisotopic (exact) mass is 527 g/mol. The molecule has 0 spiro atoms. The Morgan fingerprint density at radius 2 is 1.02 bits per heavy atom. The highest BCUT2D eigenvalue weighted by Gasteiger charge is 2.14. The molecule has 0 saturated carbocycles. The standard InChI is InChI=1S/C38H25NS/c1-2-10-31(11-3-1)39(33-22-18-26-8-4-5-9-29(26)24-33)32-20-16-27(17-21-32)30-15-14-28-19-23-35-34-12-6-7-13-37(34)40-38(35)36(28)25-30/h1-25H. The van der Waals surface area contributed by atoms with Crippen LogP contribution in [0.3, 0.4) is 0 Å². The van der Waals surface area contributed by atoms with Gasteiger partial charge in [-0.2, -0.15) is 0 Å². The molecule has 8 aromatic rings. The predicted molar refractivity (Wildman–Crippen MR) is 174 cm³/mol. The van der Waals surface area contributed by atoms with Crippen molar-refractivity contribution < 1.29 is 0 Å². The van der Waals surface area contributed by atoms with Gasteiger partial charge in [0.25, 0.3) is 0 Å². The maximum Gasteiger partial charge on any atom is 0.0468 e. The topological polar surface area (TPSA) is 3.24 Å². The van der Waals surface area contributed by atoms with Crippen molar-refractivity contribution in [3.05, 3.63) is 152 Å². The summed E-state index contributed by atoms with van der Waals surface area (Å²) < 4.78 is 2.71. The first-order chi connectivity index (χ1) is 19.8. The van der Waals surface area contributed by atoms with Gasteiger partial charge in [-0.3, -0.25) is 0 Å². The highest BCUT2D eigenvalue weighted by molar-refractivity contribution is 7.26. The fourth-order valence-corrected chi connectivity index (χ4v) is 7.05. The summed E-state index contributed by atoms with van der Waals surface area (Å²) in [6.07, 6.45) is 0. The van der Waals surface area contributed by atoms with Crippen molar-refractivity contribution in [2.24, 2.45) is 0 Å². The molecule has 40 heavy (non-hydrogen) atoms. The first-order valence-corrected chi connectivity index (χ1v) is 14.4. The van der Waals surface area contributed by atoms with Crippen LogP contribution >= 0.6 is 11.3 Å². The number of nitrogens with zero attached hydrogens (tertiary/aromatic N) is 1. The molecule has 7 aromatic carbocycles. The Morgan fingerprint density at radius 1 is 0.375 bits per heavy atom. The molecule has 0 N–H and O–H groups in total. The maximum atomic E-state index is 2.36. The average molecular weight is 528 g/mol. The van der Waals surface area contributed by atoms with Crippen LogP contribution in [0.15, 0.2) is 152 Å². The Bertz CT molecular complexity index is 2160. The number of rotatable bonds is 4. The highest BCUT2D eigenvalue weighted by atomic mass is 32.1. The van der Waals surface area contributed by atoms with Gasteiger partial charge in [0.1, 0.15) is 0 Å². The van der Waals surface area contributed by atoms with Gasteiger partial charge in [0.2, 0.25) is 0 Å². The Morgan fingerprint density at radius 3 is 1.90 bits per heavy atom. The van der Waals surface area contributed by atoms with Gasteiger partial charge in [-0.15, -0.1) is 11.3 Å². The van der Waals surface area contributed by atoms with Crippen LogP contribution in [-0.2, 0) is 0 Å². The van der Waals surface area contributed by atoms with Gasteiger partial charge < -0.3 is 4.90 Å². The predicted octanol–water partition coefficient (Wildman–Crippen LogP) is 11.5. The van der Waals surface area contributed by atoms with E-state index in [0.29, 0.717) is 0 Å². The van der Waals surface area contributed by atoms with E-state index >= 15 is 0 Å². The third kappa shape index (κ3) is 3.85. The molecule has 0 fully saturated rings. The van der Waals surface area contributed by atoms with E-state index in [1.54, 1.807) is 0 Å². The van der Waals surface area contributed by atoms with Crippen molar-refractivity contribution in [1.82, 2.24) is 0 Å². The molecule has 1 heterocycles. The van der Waals surface area contributed by atoms with E-state index in [9.17, 15) is 0 Å².